The lowest BCUT2D eigenvalue weighted by Crippen LogP contribution is -2.05. The second kappa shape index (κ2) is 5.46. The molecule has 5 heteroatoms. The number of aliphatic hydroxyl groups is 1. The van der Waals surface area contributed by atoms with E-state index in [9.17, 15) is 9.90 Å². The van der Waals surface area contributed by atoms with Crippen molar-refractivity contribution in [2.24, 2.45) is 0 Å². The number of aromatic nitrogens is 1. The first-order valence-electron chi connectivity index (χ1n) is 5.57. The molecular formula is C13H13NO4. The van der Waals surface area contributed by atoms with Crippen molar-refractivity contribution < 1.29 is 19.2 Å². The van der Waals surface area contributed by atoms with Gasteiger partial charge in [-0.05, 0) is 24.6 Å². The van der Waals surface area contributed by atoms with Gasteiger partial charge in [-0.15, -0.1) is 0 Å². The Labute approximate surface area is 104 Å². The van der Waals surface area contributed by atoms with Crippen LogP contribution in [-0.2, 0) is 4.74 Å². The van der Waals surface area contributed by atoms with Gasteiger partial charge >= 0.3 is 5.97 Å². The largest absolute Gasteiger partial charge is 0.462 e. The summed E-state index contributed by atoms with van der Waals surface area (Å²) in [7, 11) is 0. The maximum atomic E-state index is 11.4. The number of carbonyl (C=O) groups is 1. The van der Waals surface area contributed by atoms with Crippen LogP contribution in [0.3, 0.4) is 0 Å². The van der Waals surface area contributed by atoms with Crippen LogP contribution in [-0.4, -0.2) is 22.8 Å². The monoisotopic (exact) mass is 247 g/mol. The lowest BCUT2D eigenvalue weighted by molar-refractivity contribution is 0.0526. The molecule has 0 spiro atoms. The topological polar surface area (TPSA) is 72.6 Å². The molecule has 0 saturated carbocycles. The molecule has 0 aliphatic carbocycles. The van der Waals surface area contributed by atoms with Gasteiger partial charge in [0.2, 0.25) is 0 Å². The molecule has 1 N–H and O–H groups in total. The highest BCUT2D eigenvalue weighted by Crippen LogP contribution is 2.20. The Bertz CT molecular complexity index is 504. The number of rotatable bonds is 4. The van der Waals surface area contributed by atoms with Gasteiger partial charge in [-0.3, -0.25) is 0 Å². The minimum absolute atomic E-state index is 0.335. The second-order valence-corrected chi connectivity index (χ2v) is 3.67. The summed E-state index contributed by atoms with van der Waals surface area (Å²) in [5, 5.41) is 13.6. The van der Waals surface area contributed by atoms with E-state index >= 15 is 0 Å². The van der Waals surface area contributed by atoms with E-state index in [2.05, 4.69) is 9.68 Å². The Morgan fingerprint density at radius 3 is 2.67 bits per heavy atom. The highest BCUT2D eigenvalue weighted by molar-refractivity contribution is 5.89. The zero-order chi connectivity index (χ0) is 13.0. The van der Waals surface area contributed by atoms with Crippen LogP contribution in [0.4, 0.5) is 0 Å². The van der Waals surface area contributed by atoms with Crippen LogP contribution in [0.15, 0.2) is 41.1 Å². The molecule has 0 saturated heterocycles. The third-order valence-corrected chi connectivity index (χ3v) is 2.48. The smallest absolute Gasteiger partial charge is 0.338 e. The van der Waals surface area contributed by atoms with Crippen LogP contribution < -0.4 is 0 Å². The van der Waals surface area contributed by atoms with Gasteiger partial charge in [-0.1, -0.05) is 17.3 Å². The van der Waals surface area contributed by atoms with Gasteiger partial charge in [0.25, 0.3) is 0 Å². The quantitative estimate of drug-likeness (QED) is 0.836. The lowest BCUT2D eigenvalue weighted by atomic mass is 10.0. The first-order valence-corrected chi connectivity index (χ1v) is 5.57. The third-order valence-electron chi connectivity index (χ3n) is 2.48. The van der Waals surface area contributed by atoms with E-state index < -0.39 is 6.10 Å². The van der Waals surface area contributed by atoms with Gasteiger partial charge in [0.15, 0.2) is 0 Å². The van der Waals surface area contributed by atoms with E-state index in [1.165, 1.54) is 6.26 Å². The summed E-state index contributed by atoms with van der Waals surface area (Å²) in [6, 6.07) is 8.12. The zero-order valence-corrected chi connectivity index (χ0v) is 9.87. The van der Waals surface area contributed by atoms with Crippen LogP contribution in [0, 0.1) is 0 Å². The molecule has 1 heterocycles. The molecule has 2 rings (SSSR count). The first kappa shape index (κ1) is 12.3. The van der Waals surface area contributed by atoms with E-state index in [-0.39, 0.29) is 5.97 Å². The Hall–Kier alpha value is -2.14. The molecule has 1 unspecified atom stereocenters. The second-order valence-electron chi connectivity index (χ2n) is 3.67. The van der Waals surface area contributed by atoms with Crippen LogP contribution in [0.2, 0.25) is 0 Å². The van der Waals surface area contributed by atoms with E-state index in [0.29, 0.717) is 23.4 Å². The van der Waals surface area contributed by atoms with Crippen molar-refractivity contribution in [1.82, 2.24) is 5.16 Å². The molecule has 18 heavy (non-hydrogen) atoms. The third kappa shape index (κ3) is 2.57. The fraction of sp³-hybridized carbons (Fsp3) is 0.231. The van der Waals surface area contributed by atoms with E-state index in [0.717, 1.165) is 0 Å². The molecule has 0 bridgehead atoms. The standard InChI is InChI=1S/C13H13NO4/c1-2-17-13(16)10-5-3-9(4-6-10)12(15)11-7-8-18-14-11/h3-8,12,15H,2H2,1H3. The molecule has 0 fully saturated rings. The van der Waals surface area contributed by atoms with E-state index in [1.807, 2.05) is 0 Å². The van der Waals surface area contributed by atoms with Gasteiger partial charge in [-0.2, -0.15) is 0 Å². The number of esters is 1. The van der Waals surface area contributed by atoms with Crippen LogP contribution >= 0.6 is 0 Å². The average molecular weight is 247 g/mol. The SMILES string of the molecule is CCOC(=O)c1ccc(C(O)c2ccon2)cc1. The predicted molar refractivity (Wildman–Crippen MR) is 63.0 cm³/mol. The molecule has 2 aromatic rings. The normalized spacial score (nSPS) is 12.1. The Morgan fingerprint density at radius 1 is 1.39 bits per heavy atom. The van der Waals surface area contributed by atoms with Crippen molar-refractivity contribution >= 4 is 5.97 Å². The van der Waals surface area contributed by atoms with E-state index in [1.54, 1.807) is 37.3 Å². The molecule has 0 radical (unpaired) electrons. The molecule has 1 atom stereocenters. The molecule has 0 amide bonds. The number of hydrogen-bond acceptors (Lipinski definition) is 5. The Kier molecular flexibility index (Phi) is 3.74. The number of nitrogens with zero attached hydrogens (tertiary/aromatic N) is 1. The summed E-state index contributed by atoms with van der Waals surface area (Å²) in [5.41, 5.74) is 1.52. The minimum Gasteiger partial charge on any atom is -0.462 e. The molecule has 0 aliphatic heterocycles. The Balaban J connectivity index is 2.15. The number of hydrogen-bond donors (Lipinski definition) is 1. The van der Waals surface area contributed by atoms with Crippen LogP contribution in [0.5, 0.6) is 0 Å². The van der Waals surface area contributed by atoms with Crippen molar-refractivity contribution in [3.63, 3.8) is 0 Å². The zero-order valence-electron chi connectivity index (χ0n) is 9.87. The number of ether oxygens (including phenoxy) is 1. The van der Waals surface area contributed by atoms with Crippen molar-refractivity contribution in [3.05, 3.63) is 53.4 Å². The van der Waals surface area contributed by atoms with Gasteiger partial charge in [0.1, 0.15) is 18.1 Å². The maximum Gasteiger partial charge on any atom is 0.338 e. The Morgan fingerprint density at radius 2 is 2.11 bits per heavy atom. The maximum absolute atomic E-state index is 11.4. The van der Waals surface area contributed by atoms with Crippen molar-refractivity contribution in [1.29, 1.82) is 0 Å². The van der Waals surface area contributed by atoms with Crippen molar-refractivity contribution in [2.45, 2.75) is 13.0 Å². The number of aliphatic hydroxyl groups excluding tert-OH is 1. The van der Waals surface area contributed by atoms with Crippen molar-refractivity contribution in [2.75, 3.05) is 6.61 Å². The minimum atomic E-state index is -0.861. The molecule has 94 valence electrons. The molecular weight excluding hydrogens is 234 g/mol. The van der Waals surface area contributed by atoms with E-state index in [4.69, 9.17) is 4.74 Å². The molecule has 0 aliphatic rings. The summed E-state index contributed by atoms with van der Waals surface area (Å²) >= 11 is 0. The van der Waals surface area contributed by atoms with Gasteiger partial charge in [-0.25, -0.2) is 4.79 Å². The van der Waals surface area contributed by atoms with Crippen LogP contribution in [0.1, 0.15) is 34.6 Å². The molecule has 5 nitrogen and oxygen atoms in total. The highest BCUT2D eigenvalue weighted by Gasteiger charge is 2.14. The van der Waals surface area contributed by atoms with Gasteiger partial charge in [0.05, 0.1) is 12.2 Å². The summed E-state index contributed by atoms with van der Waals surface area (Å²) in [6.45, 7) is 2.09. The fourth-order valence-corrected chi connectivity index (χ4v) is 1.55. The average Bonchev–Trinajstić information content (AvgIpc) is 2.92. The summed E-state index contributed by atoms with van der Waals surface area (Å²) in [6.07, 6.45) is 0.533. The summed E-state index contributed by atoms with van der Waals surface area (Å²) in [4.78, 5) is 11.4. The van der Waals surface area contributed by atoms with Gasteiger partial charge < -0.3 is 14.4 Å². The molecule has 1 aromatic carbocycles. The molecule has 1 aromatic heterocycles. The fourth-order valence-electron chi connectivity index (χ4n) is 1.55. The van der Waals surface area contributed by atoms with Crippen molar-refractivity contribution in [3.8, 4) is 0 Å². The number of carbonyl (C=O) groups excluding carboxylic acids is 1. The summed E-state index contributed by atoms with van der Waals surface area (Å²) < 4.78 is 9.54. The predicted octanol–water partition coefficient (Wildman–Crippen LogP) is 1.93. The van der Waals surface area contributed by atoms with Gasteiger partial charge in [0, 0.05) is 6.07 Å². The first-order chi connectivity index (χ1) is 8.72. The number of benzene rings is 1. The lowest BCUT2D eigenvalue weighted by Gasteiger charge is -2.08. The van der Waals surface area contributed by atoms with Crippen LogP contribution in [0.25, 0.3) is 0 Å². The summed E-state index contributed by atoms with van der Waals surface area (Å²) in [5.74, 6) is -0.375. The highest BCUT2D eigenvalue weighted by atomic mass is 16.5.